The van der Waals surface area contributed by atoms with Gasteiger partial charge in [-0.3, -0.25) is 0 Å². The molecule has 84 valence electrons. The van der Waals surface area contributed by atoms with Crippen molar-refractivity contribution in [2.75, 3.05) is 13.2 Å². The minimum absolute atomic E-state index is 0.0957. The molecule has 0 atom stereocenters. The molecule has 0 bridgehead atoms. The Bertz CT molecular complexity index is 558. The normalized spacial score (nSPS) is 10.6. The topological polar surface area (TPSA) is 79.9 Å². The summed E-state index contributed by atoms with van der Waals surface area (Å²) >= 11 is 0. The monoisotopic (exact) mass is 222 g/mol. The van der Waals surface area contributed by atoms with Crippen molar-refractivity contribution < 1.29 is 19.4 Å². The number of para-hydroxylation sites is 1. The molecule has 5 heteroatoms. The standard InChI is InChI=1S/C11H10O5/c12-4-5-15-9-3-1-2-7-8(13)6-10(14)16-11(7)9/h1-3,6,12-13H,4-5H2. The van der Waals surface area contributed by atoms with Crippen molar-refractivity contribution in [3.8, 4) is 11.5 Å². The molecule has 0 aliphatic heterocycles. The molecule has 0 saturated heterocycles. The summed E-state index contributed by atoms with van der Waals surface area (Å²) in [5.74, 6) is 0.167. The van der Waals surface area contributed by atoms with E-state index in [1.165, 1.54) is 0 Å². The van der Waals surface area contributed by atoms with E-state index in [2.05, 4.69) is 0 Å². The van der Waals surface area contributed by atoms with Crippen LogP contribution in [0.1, 0.15) is 0 Å². The van der Waals surface area contributed by atoms with Crippen molar-refractivity contribution >= 4 is 11.0 Å². The lowest BCUT2D eigenvalue weighted by atomic mass is 10.2. The van der Waals surface area contributed by atoms with Crippen LogP contribution in [0.4, 0.5) is 0 Å². The van der Waals surface area contributed by atoms with Crippen LogP contribution in [0.25, 0.3) is 11.0 Å². The Morgan fingerprint density at radius 2 is 2.19 bits per heavy atom. The van der Waals surface area contributed by atoms with Gasteiger partial charge >= 0.3 is 5.63 Å². The fourth-order valence-electron chi connectivity index (χ4n) is 1.41. The average molecular weight is 222 g/mol. The van der Waals surface area contributed by atoms with Gasteiger partial charge in [0, 0.05) is 0 Å². The first kappa shape index (κ1) is 10.5. The van der Waals surface area contributed by atoms with E-state index in [1.54, 1.807) is 18.2 Å². The first-order valence-corrected chi connectivity index (χ1v) is 4.72. The van der Waals surface area contributed by atoms with E-state index in [4.69, 9.17) is 14.3 Å². The zero-order valence-corrected chi connectivity index (χ0v) is 8.34. The summed E-state index contributed by atoms with van der Waals surface area (Å²) in [7, 11) is 0. The predicted molar refractivity (Wildman–Crippen MR) is 56.7 cm³/mol. The molecule has 2 rings (SSSR count). The number of hydrogen-bond acceptors (Lipinski definition) is 5. The van der Waals surface area contributed by atoms with Crippen molar-refractivity contribution in [3.05, 3.63) is 34.7 Å². The summed E-state index contributed by atoms with van der Waals surface area (Å²) < 4.78 is 10.1. The smallest absolute Gasteiger partial charge is 0.340 e. The summed E-state index contributed by atoms with van der Waals surface area (Å²) in [5.41, 5.74) is -0.467. The van der Waals surface area contributed by atoms with Crippen LogP contribution in [0.2, 0.25) is 0 Å². The van der Waals surface area contributed by atoms with Crippen LogP contribution in [-0.4, -0.2) is 23.4 Å². The van der Waals surface area contributed by atoms with Crippen LogP contribution in [0.15, 0.2) is 33.5 Å². The Balaban J connectivity index is 2.62. The molecule has 16 heavy (non-hydrogen) atoms. The lowest BCUT2D eigenvalue weighted by molar-refractivity contribution is 0.201. The number of benzene rings is 1. The Morgan fingerprint density at radius 3 is 2.94 bits per heavy atom. The van der Waals surface area contributed by atoms with Gasteiger partial charge in [0.25, 0.3) is 0 Å². The van der Waals surface area contributed by atoms with E-state index in [0.29, 0.717) is 11.1 Å². The SMILES string of the molecule is O=c1cc(O)c2cccc(OCCO)c2o1. The van der Waals surface area contributed by atoms with Crippen molar-refractivity contribution in [3.63, 3.8) is 0 Å². The fourth-order valence-corrected chi connectivity index (χ4v) is 1.41. The second kappa shape index (κ2) is 4.24. The van der Waals surface area contributed by atoms with Gasteiger partial charge in [0.05, 0.1) is 18.1 Å². The Hall–Kier alpha value is -2.01. The number of ether oxygens (including phenoxy) is 1. The van der Waals surface area contributed by atoms with Crippen LogP contribution in [0, 0.1) is 0 Å². The molecule has 1 heterocycles. The van der Waals surface area contributed by atoms with Crippen LogP contribution in [0.5, 0.6) is 11.5 Å². The van der Waals surface area contributed by atoms with E-state index in [1.807, 2.05) is 0 Å². The largest absolute Gasteiger partial charge is 0.507 e. The quantitative estimate of drug-likeness (QED) is 0.753. The maximum atomic E-state index is 11.1. The zero-order chi connectivity index (χ0) is 11.5. The van der Waals surface area contributed by atoms with Gasteiger partial charge in [-0.1, -0.05) is 6.07 Å². The van der Waals surface area contributed by atoms with Crippen molar-refractivity contribution in [1.82, 2.24) is 0 Å². The number of aromatic hydroxyl groups is 1. The predicted octanol–water partition coefficient (Wildman–Crippen LogP) is 0.870. The van der Waals surface area contributed by atoms with Crippen molar-refractivity contribution in [1.29, 1.82) is 0 Å². The Morgan fingerprint density at radius 1 is 1.38 bits per heavy atom. The molecule has 1 aromatic heterocycles. The molecule has 0 spiro atoms. The van der Waals surface area contributed by atoms with Gasteiger partial charge in [0.1, 0.15) is 12.4 Å². The summed E-state index contributed by atoms with van der Waals surface area (Å²) in [5, 5.41) is 18.6. The summed E-state index contributed by atoms with van der Waals surface area (Å²) in [6.45, 7) is -0.0437. The second-order valence-electron chi connectivity index (χ2n) is 3.16. The Kier molecular flexibility index (Phi) is 2.78. The maximum Gasteiger partial charge on any atom is 0.340 e. The molecule has 2 aromatic rings. The molecule has 2 N–H and O–H groups in total. The van der Waals surface area contributed by atoms with Gasteiger partial charge in [-0.05, 0) is 12.1 Å². The third-order valence-corrected chi connectivity index (χ3v) is 2.06. The molecule has 1 aromatic carbocycles. The van der Waals surface area contributed by atoms with E-state index in [0.717, 1.165) is 6.07 Å². The molecule has 0 saturated carbocycles. The summed E-state index contributed by atoms with van der Waals surface area (Å²) in [6, 6.07) is 5.87. The highest BCUT2D eigenvalue weighted by molar-refractivity contribution is 5.87. The second-order valence-corrected chi connectivity index (χ2v) is 3.16. The number of hydrogen-bond donors (Lipinski definition) is 2. The van der Waals surface area contributed by atoms with Gasteiger partial charge in [-0.15, -0.1) is 0 Å². The van der Waals surface area contributed by atoms with Gasteiger partial charge in [-0.25, -0.2) is 4.79 Å². The maximum absolute atomic E-state index is 11.1. The molecule has 0 amide bonds. The minimum atomic E-state index is -0.648. The molecule has 0 fully saturated rings. The van der Waals surface area contributed by atoms with Gasteiger partial charge in [0.2, 0.25) is 0 Å². The van der Waals surface area contributed by atoms with E-state index < -0.39 is 5.63 Å². The number of fused-ring (bicyclic) bond motifs is 1. The fraction of sp³-hybridized carbons (Fsp3) is 0.182. The molecular weight excluding hydrogens is 212 g/mol. The van der Waals surface area contributed by atoms with Gasteiger partial charge < -0.3 is 19.4 Å². The molecule has 5 nitrogen and oxygen atoms in total. The van der Waals surface area contributed by atoms with Crippen LogP contribution in [0.3, 0.4) is 0 Å². The van der Waals surface area contributed by atoms with E-state index in [9.17, 15) is 9.90 Å². The van der Waals surface area contributed by atoms with Crippen molar-refractivity contribution in [2.24, 2.45) is 0 Å². The third kappa shape index (κ3) is 1.85. The van der Waals surface area contributed by atoms with Crippen LogP contribution >= 0.6 is 0 Å². The lowest BCUT2D eigenvalue weighted by Crippen LogP contribution is -2.03. The van der Waals surface area contributed by atoms with Crippen molar-refractivity contribution in [2.45, 2.75) is 0 Å². The van der Waals surface area contributed by atoms with Crippen LogP contribution < -0.4 is 10.4 Å². The van der Waals surface area contributed by atoms with Gasteiger partial charge in [0.15, 0.2) is 11.3 Å². The Labute approximate surface area is 90.5 Å². The zero-order valence-electron chi connectivity index (χ0n) is 8.34. The number of rotatable bonds is 3. The average Bonchev–Trinajstić information content (AvgIpc) is 2.26. The summed E-state index contributed by atoms with van der Waals surface area (Å²) in [4.78, 5) is 11.1. The highest BCUT2D eigenvalue weighted by atomic mass is 16.5. The lowest BCUT2D eigenvalue weighted by Gasteiger charge is -2.06. The first-order chi connectivity index (χ1) is 7.72. The highest BCUT2D eigenvalue weighted by Crippen LogP contribution is 2.29. The first-order valence-electron chi connectivity index (χ1n) is 4.72. The summed E-state index contributed by atoms with van der Waals surface area (Å²) in [6.07, 6.45) is 0. The molecule has 0 radical (unpaired) electrons. The highest BCUT2D eigenvalue weighted by Gasteiger charge is 2.09. The molecule has 0 aliphatic carbocycles. The number of aliphatic hydroxyl groups is 1. The third-order valence-electron chi connectivity index (χ3n) is 2.06. The molecule has 0 aliphatic rings. The molecular formula is C11H10O5. The number of aliphatic hydroxyl groups excluding tert-OH is 1. The molecule has 0 unspecified atom stereocenters. The van der Waals surface area contributed by atoms with Crippen LogP contribution in [-0.2, 0) is 0 Å². The van der Waals surface area contributed by atoms with Gasteiger partial charge in [-0.2, -0.15) is 0 Å². The van der Waals surface area contributed by atoms with E-state index in [-0.39, 0.29) is 24.5 Å². The minimum Gasteiger partial charge on any atom is -0.507 e. The van der Waals surface area contributed by atoms with E-state index >= 15 is 0 Å².